The van der Waals surface area contributed by atoms with Gasteiger partial charge in [-0.15, -0.1) is 0 Å². The molecule has 0 aromatic carbocycles. The van der Waals surface area contributed by atoms with E-state index in [1.807, 2.05) is 27.7 Å². The first kappa shape index (κ1) is 16.2. The molecular formula is C11H22N2O3S. The maximum absolute atomic E-state index is 11.7. The molecule has 17 heavy (non-hydrogen) atoms. The summed E-state index contributed by atoms with van der Waals surface area (Å²) in [5.74, 6) is 0. The van der Waals surface area contributed by atoms with Crippen molar-refractivity contribution in [1.82, 2.24) is 5.32 Å². The molecule has 5 nitrogen and oxygen atoms in total. The van der Waals surface area contributed by atoms with Gasteiger partial charge >= 0.3 is 6.09 Å². The van der Waals surface area contributed by atoms with Crippen LogP contribution in [0.5, 0.6) is 0 Å². The van der Waals surface area contributed by atoms with Gasteiger partial charge in [-0.05, 0) is 47.0 Å². The van der Waals surface area contributed by atoms with Crippen molar-refractivity contribution in [3.63, 3.8) is 0 Å². The average molecular weight is 262 g/mol. The molecule has 2 N–H and O–H groups in total. The molecule has 0 radical (unpaired) electrons. The van der Waals surface area contributed by atoms with Crippen molar-refractivity contribution >= 4 is 23.2 Å². The third-order valence-electron chi connectivity index (χ3n) is 2.00. The Balaban J connectivity index is 3.82. The molecule has 0 spiro atoms. The monoisotopic (exact) mass is 262 g/mol. The predicted octanol–water partition coefficient (Wildman–Crippen LogP) is 2.35. The zero-order valence-electron chi connectivity index (χ0n) is 10.9. The van der Waals surface area contributed by atoms with E-state index in [0.717, 1.165) is 25.0 Å². The van der Waals surface area contributed by atoms with Crippen LogP contribution >= 0.6 is 0 Å². The molecular weight excluding hydrogens is 240 g/mol. The van der Waals surface area contributed by atoms with E-state index in [0.29, 0.717) is 6.54 Å². The molecule has 0 saturated heterocycles. The van der Waals surface area contributed by atoms with Crippen LogP contribution < -0.4 is 5.32 Å². The lowest BCUT2D eigenvalue weighted by Gasteiger charge is -2.18. The molecule has 0 heterocycles. The van der Waals surface area contributed by atoms with Gasteiger partial charge < -0.3 is 15.0 Å². The van der Waals surface area contributed by atoms with Crippen molar-refractivity contribution in [3.8, 4) is 0 Å². The molecule has 1 unspecified atom stereocenters. The second-order valence-corrected chi connectivity index (χ2v) is 6.78. The van der Waals surface area contributed by atoms with Crippen LogP contribution in [0.25, 0.3) is 0 Å². The van der Waals surface area contributed by atoms with Gasteiger partial charge in [-0.3, -0.25) is 0 Å². The lowest BCUT2D eigenvalue weighted by atomic mass is 10.2. The Bertz CT molecular complexity index is 274. The molecule has 100 valence electrons. The standard InChI is InChI=1S/C11H22N2O3S/c1-9(13-17(16)11(2,3)4)7-5-6-8-12-10(14)15/h12H,5-8H2,1-4H3,(H,14,15)/b13-9+. The van der Waals surface area contributed by atoms with Crippen LogP contribution in [0.3, 0.4) is 0 Å². The van der Waals surface area contributed by atoms with E-state index >= 15 is 0 Å². The van der Waals surface area contributed by atoms with Crippen molar-refractivity contribution < 1.29 is 14.5 Å². The second-order valence-electron chi connectivity index (χ2n) is 4.88. The summed E-state index contributed by atoms with van der Waals surface area (Å²) < 4.78 is 15.5. The fourth-order valence-electron chi connectivity index (χ4n) is 1.03. The van der Waals surface area contributed by atoms with Gasteiger partial charge in [-0.1, -0.05) is 4.40 Å². The first-order valence-electron chi connectivity index (χ1n) is 5.66. The summed E-state index contributed by atoms with van der Waals surface area (Å²) >= 11 is -1.20. The number of carboxylic acid groups (broad SMARTS) is 1. The first-order chi connectivity index (χ1) is 7.73. The van der Waals surface area contributed by atoms with Gasteiger partial charge in [0.1, 0.15) is 16.1 Å². The molecule has 0 bridgehead atoms. The van der Waals surface area contributed by atoms with Crippen LogP contribution in [0.2, 0.25) is 0 Å². The highest BCUT2D eigenvalue weighted by molar-refractivity contribution is 7.91. The molecule has 0 aliphatic heterocycles. The highest BCUT2D eigenvalue weighted by atomic mass is 32.2. The van der Waals surface area contributed by atoms with E-state index in [4.69, 9.17) is 5.11 Å². The molecule has 1 amide bonds. The third kappa shape index (κ3) is 9.00. The smallest absolute Gasteiger partial charge is 0.404 e. The van der Waals surface area contributed by atoms with Gasteiger partial charge in [0.15, 0.2) is 0 Å². The van der Waals surface area contributed by atoms with Crippen molar-refractivity contribution in [3.05, 3.63) is 0 Å². The molecule has 0 aliphatic rings. The molecule has 0 fully saturated rings. The summed E-state index contributed by atoms with van der Waals surface area (Å²) in [7, 11) is 0. The van der Waals surface area contributed by atoms with Crippen molar-refractivity contribution in [1.29, 1.82) is 0 Å². The Kier molecular flexibility index (Phi) is 7.22. The summed E-state index contributed by atoms with van der Waals surface area (Å²) in [6, 6.07) is 0. The Morgan fingerprint density at radius 2 is 2.00 bits per heavy atom. The van der Waals surface area contributed by atoms with Gasteiger partial charge in [0.25, 0.3) is 0 Å². The number of rotatable bonds is 6. The third-order valence-corrected chi connectivity index (χ3v) is 3.53. The second kappa shape index (κ2) is 7.55. The lowest BCUT2D eigenvalue weighted by molar-refractivity contribution is 0.194. The Morgan fingerprint density at radius 1 is 1.41 bits per heavy atom. The van der Waals surface area contributed by atoms with Crippen LogP contribution in [-0.2, 0) is 11.4 Å². The van der Waals surface area contributed by atoms with Gasteiger partial charge in [0.2, 0.25) is 0 Å². The number of nitrogens with one attached hydrogen (secondary N) is 1. The van der Waals surface area contributed by atoms with Crippen molar-refractivity contribution in [2.24, 2.45) is 4.40 Å². The molecule has 0 saturated carbocycles. The van der Waals surface area contributed by atoms with Crippen LogP contribution in [0.4, 0.5) is 4.79 Å². The quantitative estimate of drug-likeness (QED) is 0.438. The first-order valence-corrected chi connectivity index (χ1v) is 6.77. The van der Waals surface area contributed by atoms with Crippen molar-refractivity contribution in [2.75, 3.05) is 6.54 Å². The van der Waals surface area contributed by atoms with Gasteiger partial charge in [0, 0.05) is 6.54 Å². The Hall–Kier alpha value is -0.750. The fraction of sp³-hybridized carbons (Fsp3) is 0.818. The van der Waals surface area contributed by atoms with Crippen LogP contribution in [0, 0.1) is 0 Å². The van der Waals surface area contributed by atoms with E-state index in [9.17, 15) is 9.35 Å². The number of hydrogen-bond acceptors (Lipinski definition) is 3. The van der Waals surface area contributed by atoms with E-state index < -0.39 is 17.5 Å². The van der Waals surface area contributed by atoms with Gasteiger partial charge in [-0.25, -0.2) is 4.79 Å². The number of hydrogen-bond donors (Lipinski definition) is 2. The highest BCUT2D eigenvalue weighted by Gasteiger charge is 2.26. The lowest BCUT2D eigenvalue weighted by Crippen LogP contribution is -2.26. The zero-order chi connectivity index (χ0) is 13.5. The number of amides is 1. The maximum Gasteiger partial charge on any atom is 0.404 e. The molecule has 6 heteroatoms. The molecule has 0 rings (SSSR count). The molecule has 0 aliphatic carbocycles. The van der Waals surface area contributed by atoms with Crippen LogP contribution in [0.15, 0.2) is 4.40 Å². The normalized spacial score (nSPS) is 14.5. The molecule has 0 aromatic rings. The van der Waals surface area contributed by atoms with Crippen LogP contribution in [0.1, 0.15) is 47.0 Å². The molecule has 1 atom stereocenters. The SMILES string of the molecule is C/C(CCCCNC(=O)O)=N\[S+]([O-])C(C)(C)C. The van der Waals surface area contributed by atoms with Crippen LogP contribution in [-0.4, -0.2) is 32.8 Å². The zero-order valence-corrected chi connectivity index (χ0v) is 11.8. The van der Waals surface area contributed by atoms with E-state index in [-0.39, 0.29) is 4.75 Å². The van der Waals surface area contributed by atoms with E-state index in [1.54, 1.807) is 0 Å². The van der Waals surface area contributed by atoms with Crippen molar-refractivity contribution in [2.45, 2.75) is 51.7 Å². The summed E-state index contributed by atoms with van der Waals surface area (Å²) in [4.78, 5) is 10.2. The number of unbranched alkanes of at least 4 members (excludes halogenated alkanes) is 1. The summed E-state index contributed by atoms with van der Waals surface area (Å²) in [5, 5.41) is 10.7. The average Bonchev–Trinajstić information content (AvgIpc) is 2.15. The minimum Gasteiger partial charge on any atom is -0.591 e. The van der Waals surface area contributed by atoms with E-state index in [2.05, 4.69) is 9.71 Å². The summed E-state index contributed by atoms with van der Waals surface area (Å²) in [5.41, 5.74) is 0.855. The fourth-order valence-corrected chi connectivity index (χ4v) is 1.67. The predicted molar refractivity (Wildman–Crippen MR) is 70.9 cm³/mol. The van der Waals surface area contributed by atoms with Gasteiger partial charge in [-0.2, -0.15) is 0 Å². The Morgan fingerprint density at radius 3 is 2.47 bits per heavy atom. The van der Waals surface area contributed by atoms with Gasteiger partial charge in [0.05, 0.1) is 5.71 Å². The largest absolute Gasteiger partial charge is 0.591 e. The minimum atomic E-state index is -1.20. The topological polar surface area (TPSA) is 84.8 Å². The van der Waals surface area contributed by atoms with E-state index in [1.165, 1.54) is 0 Å². The highest BCUT2D eigenvalue weighted by Crippen LogP contribution is 2.17. The molecule has 0 aromatic heterocycles. The number of nitrogens with zero attached hydrogens (tertiary/aromatic N) is 1. The summed E-state index contributed by atoms with van der Waals surface area (Å²) in [6.45, 7) is 7.96. The number of carbonyl (C=O) groups is 1. The summed E-state index contributed by atoms with van der Waals surface area (Å²) in [6.07, 6.45) is 1.37. The minimum absolute atomic E-state index is 0.327. The maximum atomic E-state index is 11.7. The Labute approximate surface area is 106 Å².